The molecule has 2 aromatic rings. The Hall–Kier alpha value is -1.44. The lowest BCUT2D eigenvalue weighted by Gasteiger charge is -2.38. The van der Waals surface area contributed by atoms with E-state index in [9.17, 15) is 9.50 Å². The summed E-state index contributed by atoms with van der Waals surface area (Å²) in [5.74, 6) is -0.254. The Kier molecular flexibility index (Phi) is 5.05. The molecule has 2 heterocycles. The minimum absolute atomic E-state index is 0.173. The van der Waals surface area contributed by atoms with Crippen molar-refractivity contribution in [3.05, 3.63) is 66.0 Å². The first-order valence-corrected chi connectivity index (χ1v) is 9.23. The van der Waals surface area contributed by atoms with Crippen molar-refractivity contribution >= 4 is 11.8 Å². The molecule has 5 atom stereocenters. The summed E-state index contributed by atoms with van der Waals surface area (Å²) < 4.78 is 24.7. The Morgan fingerprint density at radius 3 is 2.64 bits per heavy atom. The predicted octanol–water partition coefficient (Wildman–Crippen LogP) is 2.56. The van der Waals surface area contributed by atoms with Crippen molar-refractivity contribution in [2.75, 3.05) is 6.61 Å². The highest BCUT2D eigenvalue weighted by atomic mass is 32.2. The molecular formula is C19H20FNO3S. The largest absolute Gasteiger partial charge is 0.390 e. The number of hydrogen-bond donors (Lipinski definition) is 2. The molecule has 0 radical (unpaired) electrons. The van der Waals surface area contributed by atoms with Crippen LogP contribution in [0.15, 0.2) is 59.5 Å². The lowest BCUT2D eigenvalue weighted by Crippen LogP contribution is -2.58. The van der Waals surface area contributed by atoms with Crippen molar-refractivity contribution in [3.63, 3.8) is 0 Å². The highest BCUT2D eigenvalue weighted by molar-refractivity contribution is 8.00. The summed E-state index contributed by atoms with van der Waals surface area (Å²) in [6.45, 7) is 1.00. The van der Waals surface area contributed by atoms with Gasteiger partial charge < -0.3 is 19.9 Å². The van der Waals surface area contributed by atoms with E-state index in [2.05, 4.69) is 5.32 Å². The van der Waals surface area contributed by atoms with Gasteiger partial charge in [-0.25, -0.2) is 4.39 Å². The van der Waals surface area contributed by atoms with Crippen LogP contribution in [0, 0.1) is 5.82 Å². The summed E-state index contributed by atoms with van der Waals surface area (Å²) >= 11 is 1.57. The molecule has 2 bridgehead atoms. The number of aliphatic hydroxyl groups excluding tert-OH is 1. The molecule has 0 unspecified atom stereocenters. The van der Waals surface area contributed by atoms with Crippen LogP contribution < -0.4 is 5.32 Å². The zero-order valence-corrected chi connectivity index (χ0v) is 14.4. The maximum atomic E-state index is 13.0. The molecule has 4 nitrogen and oxygen atoms in total. The number of hydrogen-bond acceptors (Lipinski definition) is 5. The van der Waals surface area contributed by atoms with E-state index in [4.69, 9.17) is 9.47 Å². The summed E-state index contributed by atoms with van der Waals surface area (Å²) in [4.78, 5) is 1.07. The van der Waals surface area contributed by atoms with E-state index in [1.807, 2.05) is 30.3 Å². The molecule has 2 aliphatic rings. The molecule has 2 aliphatic heterocycles. The van der Waals surface area contributed by atoms with E-state index in [1.54, 1.807) is 23.9 Å². The first-order valence-electron chi connectivity index (χ1n) is 8.35. The van der Waals surface area contributed by atoms with Crippen molar-refractivity contribution in [1.29, 1.82) is 0 Å². The fraction of sp³-hybridized carbons (Fsp3) is 0.368. The summed E-state index contributed by atoms with van der Waals surface area (Å²) in [6.07, 6.45) is -1.17. The zero-order valence-electron chi connectivity index (χ0n) is 13.5. The van der Waals surface area contributed by atoms with Crippen LogP contribution in [0.1, 0.15) is 5.56 Å². The van der Waals surface area contributed by atoms with Crippen LogP contribution in [0.25, 0.3) is 0 Å². The van der Waals surface area contributed by atoms with Crippen LogP contribution in [0.5, 0.6) is 0 Å². The van der Waals surface area contributed by atoms with E-state index in [0.717, 1.165) is 10.5 Å². The third-order valence-corrected chi connectivity index (χ3v) is 5.90. The maximum absolute atomic E-state index is 13.0. The molecule has 0 aliphatic carbocycles. The van der Waals surface area contributed by atoms with Gasteiger partial charge in [0.2, 0.25) is 0 Å². The molecule has 0 amide bonds. The van der Waals surface area contributed by atoms with Gasteiger partial charge in [0.25, 0.3) is 0 Å². The monoisotopic (exact) mass is 361 g/mol. The molecular weight excluding hydrogens is 341 g/mol. The first kappa shape index (κ1) is 17.0. The zero-order chi connectivity index (χ0) is 17.2. The third-order valence-electron chi connectivity index (χ3n) is 4.58. The number of ether oxygens (including phenoxy) is 2. The molecule has 2 saturated heterocycles. The molecule has 2 aromatic carbocycles. The molecule has 0 spiro atoms. The minimum atomic E-state index is -0.600. The third kappa shape index (κ3) is 3.73. The van der Waals surface area contributed by atoms with Crippen LogP contribution in [0.3, 0.4) is 0 Å². The van der Waals surface area contributed by atoms with Gasteiger partial charge in [-0.1, -0.05) is 30.3 Å². The van der Waals surface area contributed by atoms with Gasteiger partial charge in [0, 0.05) is 11.4 Å². The summed E-state index contributed by atoms with van der Waals surface area (Å²) in [6, 6.07) is 16.1. The fourth-order valence-electron chi connectivity index (χ4n) is 3.26. The van der Waals surface area contributed by atoms with Gasteiger partial charge in [0.05, 0.1) is 24.0 Å². The molecule has 0 saturated carbocycles. The molecule has 132 valence electrons. The number of aliphatic hydroxyl groups is 1. The average molecular weight is 361 g/mol. The molecule has 0 aromatic heterocycles. The van der Waals surface area contributed by atoms with Gasteiger partial charge >= 0.3 is 0 Å². The summed E-state index contributed by atoms with van der Waals surface area (Å²) in [7, 11) is 0. The molecule has 4 rings (SSSR count). The highest BCUT2D eigenvalue weighted by Crippen LogP contribution is 2.38. The Bertz CT molecular complexity index is 700. The second-order valence-electron chi connectivity index (χ2n) is 6.30. The molecule has 6 heteroatoms. The Morgan fingerprint density at radius 1 is 1.12 bits per heavy atom. The Morgan fingerprint density at radius 2 is 1.88 bits per heavy atom. The number of fused-ring (bicyclic) bond motifs is 2. The number of halogens is 1. The van der Waals surface area contributed by atoms with Crippen LogP contribution in [0.4, 0.5) is 4.39 Å². The van der Waals surface area contributed by atoms with Crippen molar-refractivity contribution in [1.82, 2.24) is 5.32 Å². The van der Waals surface area contributed by atoms with Gasteiger partial charge in [-0.3, -0.25) is 0 Å². The summed E-state index contributed by atoms with van der Waals surface area (Å²) in [5, 5.41) is 14.0. The first-order chi connectivity index (χ1) is 12.2. The topological polar surface area (TPSA) is 50.7 Å². The smallest absolute Gasteiger partial charge is 0.172 e. The second kappa shape index (κ2) is 7.43. The van der Waals surface area contributed by atoms with Crippen LogP contribution in [-0.2, 0) is 16.0 Å². The van der Waals surface area contributed by atoms with E-state index >= 15 is 0 Å². The number of benzene rings is 2. The highest BCUT2D eigenvalue weighted by Gasteiger charge is 2.50. The molecule has 25 heavy (non-hydrogen) atoms. The van der Waals surface area contributed by atoms with Gasteiger partial charge in [0.15, 0.2) is 6.29 Å². The van der Waals surface area contributed by atoms with Gasteiger partial charge in [0.1, 0.15) is 11.9 Å². The van der Waals surface area contributed by atoms with Gasteiger partial charge in [-0.05, 0) is 29.8 Å². The number of rotatable bonds is 5. The lowest BCUT2D eigenvalue weighted by molar-refractivity contribution is -0.123. The van der Waals surface area contributed by atoms with Gasteiger partial charge in [-0.2, -0.15) is 0 Å². The normalized spacial score (nSPS) is 31.2. The number of thioether (sulfide) groups is 1. The average Bonchev–Trinajstić information content (AvgIpc) is 3.07. The van der Waals surface area contributed by atoms with Crippen molar-refractivity contribution < 1.29 is 19.0 Å². The lowest BCUT2D eigenvalue weighted by atomic mass is 9.99. The minimum Gasteiger partial charge on any atom is -0.390 e. The Labute approximate surface area is 150 Å². The van der Waals surface area contributed by atoms with Crippen LogP contribution in [0.2, 0.25) is 0 Å². The quantitative estimate of drug-likeness (QED) is 0.857. The summed E-state index contributed by atoms with van der Waals surface area (Å²) in [5.41, 5.74) is 0.960. The van der Waals surface area contributed by atoms with Crippen LogP contribution in [-0.4, -0.2) is 41.5 Å². The Balaban J connectivity index is 1.45. The van der Waals surface area contributed by atoms with E-state index in [0.29, 0.717) is 13.2 Å². The van der Waals surface area contributed by atoms with E-state index < -0.39 is 12.4 Å². The standard InChI is InChI=1S/C19H20FNO3S/c20-13-8-6-12(7-9-13)10-21-16-15-11-23-19(24-15)18(17(16)22)25-14-4-2-1-3-5-14/h1-9,15-19,21-22H,10-11H2/t15-,16-,17+,18-,19-/m1/s1. The van der Waals surface area contributed by atoms with E-state index in [1.165, 1.54) is 12.1 Å². The van der Waals surface area contributed by atoms with Crippen molar-refractivity contribution in [2.24, 2.45) is 0 Å². The maximum Gasteiger partial charge on any atom is 0.172 e. The van der Waals surface area contributed by atoms with Gasteiger partial charge in [-0.15, -0.1) is 11.8 Å². The SMILES string of the molecule is O[C@H]1[C@H](NCc2ccc(F)cc2)[C@H]2CO[C@H](O2)[C@@H]1Sc1ccccc1. The van der Waals surface area contributed by atoms with Crippen molar-refractivity contribution in [3.8, 4) is 0 Å². The second-order valence-corrected chi connectivity index (χ2v) is 7.55. The van der Waals surface area contributed by atoms with Crippen LogP contribution >= 0.6 is 11.8 Å². The van der Waals surface area contributed by atoms with Crippen molar-refractivity contribution in [2.45, 2.75) is 41.2 Å². The molecule has 2 fully saturated rings. The number of nitrogens with one attached hydrogen (secondary N) is 1. The van der Waals surface area contributed by atoms with E-state index in [-0.39, 0.29) is 23.2 Å². The predicted molar refractivity (Wildman–Crippen MR) is 93.7 cm³/mol. The fourth-order valence-corrected chi connectivity index (χ4v) is 4.45. The molecule has 2 N–H and O–H groups in total.